The van der Waals surface area contributed by atoms with Gasteiger partial charge in [-0.15, -0.1) is 11.3 Å². The summed E-state index contributed by atoms with van der Waals surface area (Å²) in [5.74, 6) is -0.924. The summed E-state index contributed by atoms with van der Waals surface area (Å²) in [7, 11) is -3.19. The number of thiophene rings is 1. The molecule has 1 aromatic heterocycles. The minimum absolute atomic E-state index is 0.271. The largest absolute Gasteiger partial charge is 0.477 e. The maximum absolute atomic E-state index is 11.4. The van der Waals surface area contributed by atoms with Crippen LogP contribution in [0.3, 0.4) is 0 Å². The van der Waals surface area contributed by atoms with Gasteiger partial charge >= 0.3 is 5.97 Å². The number of sulfone groups is 1. The highest BCUT2D eigenvalue weighted by molar-refractivity contribution is 7.90. The zero-order valence-electron chi connectivity index (χ0n) is 11.6. The van der Waals surface area contributed by atoms with Crippen molar-refractivity contribution in [2.24, 2.45) is 0 Å². The molecule has 112 valence electrons. The molecule has 0 saturated carbocycles. The number of carboxylic acid groups (broad SMARTS) is 1. The molecule has 0 radical (unpaired) electrons. The van der Waals surface area contributed by atoms with Crippen molar-refractivity contribution in [3.05, 3.63) is 45.6 Å². The zero-order valence-corrected chi connectivity index (χ0v) is 13.2. The number of benzene rings is 1. The Balaban J connectivity index is 2.08. The van der Waals surface area contributed by atoms with Crippen molar-refractivity contribution >= 4 is 32.8 Å². The maximum atomic E-state index is 11.4. The number of anilines is 1. The molecule has 0 spiro atoms. The molecule has 0 fully saturated rings. The fourth-order valence-electron chi connectivity index (χ4n) is 1.82. The Morgan fingerprint density at radius 3 is 2.38 bits per heavy atom. The molecule has 0 aliphatic rings. The summed E-state index contributed by atoms with van der Waals surface area (Å²) in [6.07, 6.45) is 1.16. The second-order valence-electron chi connectivity index (χ2n) is 4.65. The van der Waals surface area contributed by atoms with Crippen LogP contribution in [0.15, 0.2) is 35.2 Å². The van der Waals surface area contributed by atoms with Crippen LogP contribution in [0.25, 0.3) is 0 Å². The molecule has 0 unspecified atom stereocenters. The van der Waals surface area contributed by atoms with Crippen LogP contribution in [0.2, 0.25) is 0 Å². The minimum atomic E-state index is -3.19. The highest BCUT2D eigenvalue weighted by Gasteiger charge is 2.11. The van der Waals surface area contributed by atoms with Crippen molar-refractivity contribution in [1.82, 2.24) is 0 Å². The van der Waals surface area contributed by atoms with E-state index in [2.05, 4.69) is 5.32 Å². The van der Waals surface area contributed by atoms with Crippen molar-refractivity contribution in [2.75, 3.05) is 11.6 Å². The number of aryl methyl sites for hydroxylation is 1. The number of aromatic carboxylic acids is 1. The van der Waals surface area contributed by atoms with Gasteiger partial charge in [-0.2, -0.15) is 0 Å². The van der Waals surface area contributed by atoms with Crippen LogP contribution >= 0.6 is 11.3 Å². The Kier molecular flexibility index (Phi) is 4.34. The van der Waals surface area contributed by atoms with E-state index < -0.39 is 15.8 Å². The number of carboxylic acids is 1. The fraction of sp³-hybridized carbons (Fsp3) is 0.214. The van der Waals surface area contributed by atoms with Crippen LogP contribution in [0.1, 0.15) is 20.1 Å². The topological polar surface area (TPSA) is 83.5 Å². The first-order valence-corrected chi connectivity index (χ1v) is 8.85. The summed E-state index contributed by atoms with van der Waals surface area (Å²) in [6.45, 7) is 2.37. The SMILES string of the molecule is Cc1sc(C(=O)O)cc1CNc1ccc(S(C)(=O)=O)cc1. The second kappa shape index (κ2) is 5.87. The van der Waals surface area contributed by atoms with Gasteiger partial charge in [0.05, 0.1) is 4.90 Å². The zero-order chi connectivity index (χ0) is 15.6. The van der Waals surface area contributed by atoms with E-state index in [1.165, 1.54) is 11.3 Å². The molecule has 0 aliphatic heterocycles. The summed E-state index contributed by atoms with van der Waals surface area (Å²) in [6, 6.07) is 8.12. The van der Waals surface area contributed by atoms with Crippen LogP contribution in [-0.2, 0) is 16.4 Å². The predicted molar refractivity (Wildman–Crippen MR) is 82.9 cm³/mol. The molecule has 0 amide bonds. The van der Waals surface area contributed by atoms with Gasteiger partial charge in [0.1, 0.15) is 4.88 Å². The Morgan fingerprint density at radius 1 is 1.29 bits per heavy atom. The lowest BCUT2D eigenvalue weighted by Crippen LogP contribution is -2.01. The van der Waals surface area contributed by atoms with Crippen molar-refractivity contribution < 1.29 is 18.3 Å². The Bertz CT molecular complexity index is 761. The lowest BCUT2D eigenvalue weighted by atomic mass is 10.2. The van der Waals surface area contributed by atoms with Gasteiger partial charge in [0.15, 0.2) is 9.84 Å². The monoisotopic (exact) mass is 325 g/mol. The number of nitrogens with one attached hydrogen (secondary N) is 1. The first-order valence-electron chi connectivity index (χ1n) is 6.14. The van der Waals surface area contributed by atoms with E-state index in [1.807, 2.05) is 6.92 Å². The summed E-state index contributed by atoms with van der Waals surface area (Å²) < 4.78 is 22.7. The third-order valence-electron chi connectivity index (χ3n) is 3.00. The molecule has 5 nitrogen and oxygen atoms in total. The van der Waals surface area contributed by atoms with E-state index in [9.17, 15) is 13.2 Å². The third-order valence-corrected chi connectivity index (χ3v) is 5.21. The number of carbonyl (C=O) groups is 1. The molecule has 2 rings (SSSR count). The molecular formula is C14H15NO4S2. The van der Waals surface area contributed by atoms with E-state index in [0.717, 1.165) is 22.4 Å². The van der Waals surface area contributed by atoms with Crippen LogP contribution in [0.5, 0.6) is 0 Å². The summed E-state index contributed by atoms with van der Waals surface area (Å²) in [5.41, 5.74) is 1.70. The second-order valence-corrected chi connectivity index (χ2v) is 7.92. The number of hydrogen-bond donors (Lipinski definition) is 2. The van der Waals surface area contributed by atoms with Gasteiger partial charge in [-0.3, -0.25) is 0 Å². The van der Waals surface area contributed by atoms with Gasteiger partial charge in [0.25, 0.3) is 0 Å². The first-order chi connectivity index (χ1) is 9.77. The molecule has 0 aliphatic carbocycles. The van der Waals surface area contributed by atoms with Gasteiger partial charge in [0.2, 0.25) is 0 Å². The smallest absolute Gasteiger partial charge is 0.345 e. The molecule has 2 N–H and O–H groups in total. The standard InChI is InChI=1S/C14H15NO4S2/c1-9-10(7-13(20-9)14(16)17)8-15-11-3-5-12(6-4-11)21(2,18)19/h3-7,15H,8H2,1-2H3,(H,16,17). The van der Waals surface area contributed by atoms with Gasteiger partial charge in [0, 0.05) is 23.4 Å². The molecule has 2 aromatic rings. The summed E-state index contributed by atoms with van der Waals surface area (Å²) in [5, 5.41) is 12.1. The number of hydrogen-bond acceptors (Lipinski definition) is 5. The van der Waals surface area contributed by atoms with Gasteiger partial charge in [-0.05, 0) is 42.8 Å². The van der Waals surface area contributed by atoms with Crippen LogP contribution < -0.4 is 5.32 Å². The quantitative estimate of drug-likeness (QED) is 0.883. The Morgan fingerprint density at radius 2 is 1.90 bits per heavy atom. The summed E-state index contributed by atoms with van der Waals surface area (Å²) in [4.78, 5) is 12.4. The van der Waals surface area contributed by atoms with Gasteiger partial charge < -0.3 is 10.4 Å². The van der Waals surface area contributed by atoms with Crippen LogP contribution in [-0.4, -0.2) is 25.7 Å². The molecule has 7 heteroatoms. The Hall–Kier alpha value is -1.86. The average Bonchev–Trinajstić information content (AvgIpc) is 2.77. The fourth-order valence-corrected chi connectivity index (χ4v) is 3.33. The van der Waals surface area contributed by atoms with E-state index >= 15 is 0 Å². The molecule has 1 heterocycles. The van der Waals surface area contributed by atoms with E-state index in [1.54, 1.807) is 30.3 Å². The maximum Gasteiger partial charge on any atom is 0.345 e. The van der Waals surface area contributed by atoms with Crippen LogP contribution in [0, 0.1) is 6.92 Å². The molecule has 0 saturated heterocycles. The molecule has 0 bridgehead atoms. The summed E-state index contributed by atoms with van der Waals surface area (Å²) >= 11 is 1.24. The van der Waals surface area contributed by atoms with Crippen LogP contribution in [0.4, 0.5) is 5.69 Å². The van der Waals surface area contributed by atoms with Crippen molar-refractivity contribution in [3.8, 4) is 0 Å². The molecule has 0 atom stereocenters. The normalized spacial score (nSPS) is 11.3. The van der Waals surface area contributed by atoms with Crippen molar-refractivity contribution in [1.29, 1.82) is 0 Å². The highest BCUT2D eigenvalue weighted by Crippen LogP contribution is 2.23. The lowest BCUT2D eigenvalue weighted by molar-refractivity contribution is 0.0702. The molecular weight excluding hydrogens is 310 g/mol. The van der Waals surface area contributed by atoms with E-state index in [-0.39, 0.29) is 4.90 Å². The van der Waals surface area contributed by atoms with Gasteiger partial charge in [-0.1, -0.05) is 0 Å². The van der Waals surface area contributed by atoms with E-state index in [0.29, 0.717) is 11.4 Å². The lowest BCUT2D eigenvalue weighted by Gasteiger charge is -2.06. The number of rotatable bonds is 5. The first kappa shape index (κ1) is 15.5. The molecule has 1 aromatic carbocycles. The molecule has 21 heavy (non-hydrogen) atoms. The van der Waals surface area contributed by atoms with Crippen molar-refractivity contribution in [2.45, 2.75) is 18.4 Å². The average molecular weight is 325 g/mol. The predicted octanol–water partition coefficient (Wildman–Crippen LogP) is 2.77. The minimum Gasteiger partial charge on any atom is -0.477 e. The van der Waals surface area contributed by atoms with Gasteiger partial charge in [-0.25, -0.2) is 13.2 Å². The Labute approximate surface area is 127 Å². The van der Waals surface area contributed by atoms with E-state index in [4.69, 9.17) is 5.11 Å². The highest BCUT2D eigenvalue weighted by atomic mass is 32.2. The van der Waals surface area contributed by atoms with Crippen molar-refractivity contribution in [3.63, 3.8) is 0 Å². The third kappa shape index (κ3) is 3.83.